The Kier molecular flexibility index (Phi) is 4.14. The average Bonchev–Trinajstić information content (AvgIpc) is 2.43. The number of phenols is 1. The highest BCUT2D eigenvalue weighted by molar-refractivity contribution is 6.33. The van der Waals surface area contributed by atoms with Crippen molar-refractivity contribution in [3.05, 3.63) is 58.1 Å². The summed E-state index contributed by atoms with van der Waals surface area (Å²) >= 11 is 5.76. The minimum atomic E-state index is -1.17. The lowest BCUT2D eigenvalue weighted by Gasteiger charge is -2.08. The molecule has 0 bridgehead atoms. The van der Waals surface area contributed by atoms with Crippen LogP contribution in [0.3, 0.4) is 0 Å². The Labute approximate surface area is 125 Å². The third kappa shape index (κ3) is 3.32. The second kappa shape index (κ2) is 5.85. The predicted molar refractivity (Wildman–Crippen MR) is 79.2 cm³/mol. The number of halogens is 1. The Balaban J connectivity index is 2.25. The largest absolute Gasteiger partial charge is 0.508 e. The number of hydrogen-bond acceptors (Lipinski definition) is 3. The molecule has 0 aliphatic rings. The minimum absolute atomic E-state index is 0.0867. The van der Waals surface area contributed by atoms with Crippen LogP contribution in [-0.2, 0) is 0 Å². The van der Waals surface area contributed by atoms with Crippen molar-refractivity contribution in [2.24, 2.45) is 0 Å². The molecule has 0 heterocycles. The lowest BCUT2D eigenvalue weighted by atomic mass is 10.1. The zero-order valence-electron chi connectivity index (χ0n) is 11.1. The van der Waals surface area contributed by atoms with Crippen LogP contribution in [0.2, 0.25) is 5.02 Å². The molecule has 0 saturated heterocycles. The van der Waals surface area contributed by atoms with Gasteiger partial charge in [0.05, 0.1) is 10.6 Å². The average molecular weight is 306 g/mol. The van der Waals surface area contributed by atoms with Gasteiger partial charge in [0, 0.05) is 11.3 Å². The molecule has 0 spiro atoms. The quantitative estimate of drug-likeness (QED) is 0.812. The van der Waals surface area contributed by atoms with Crippen LogP contribution in [0.25, 0.3) is 0 Å². The van der Waals surface area contributed by atoms with Gasteiger partial charge in [-0.25, -0.2) is 4.79 Å². The molecule has 0 atom stereocenters. The number of nitrogens with one attached hydrogen (secondary N) is 1. The molecule has 2 aromatic carbocycles. The van der Waals surface area contributed by atoms with E-state index in [9.17, 15) is 14.7 Å². The van der Waals surface area contributed by atoms with Crippen molar-refractivity contribution >= 4 is 29.2 Å². The summed E-state index contributed by atoms with van der Waals surface area (Å²) in [7, 11) is 0. The molecule has 0 aromatic heterocycles. The Morgan fingerprint density at radius 3 is 2.48 bits per heavy atom. The van der Waals surface area contributed by atoms with E-state index >= 15 is 0 Å². The van der Waals surface area contributed by atoms with Gasteiger partial charge >= 0.3 is 5.97 Å². The summed E-state index contributed by atoms with van der Waals surface area (Å²) in [6, 6.07) is 8.65. The second-order valence-electron chi connectivity index (χ2n) is 4.46. The van der Waals surface area contributed by atoms with E-state index in [0.29, 0.717) is 16.8 Å². The van der Waals surface area contributed by atoms with Crippen molar-refractivity contribution in [1.82, 2.24) is 0 Å². The van der Waals surface area contributed by atoms with Crippen LogP contribution in [0.4, 0.5) is 5.69 Å². The molecule has 0 aliphatic carbocycles. The van der Waals surface area contributed by atoms with Crippen molar-refractivity contribution < 1.29 is 19.8 Å². The number of carbonyl (C=O) groups is 2. The van der Waals surface area contributed by atoms with E-state index in [2.05, 4.69) is 5.32 Å². The SMILES string of the molecule is Cc1cc(C(=O)Nc2ccc(Cl)c(C(=O)O)c2)ccc1O. The lowest BCUT2D eigenvalue weighted by Crippen LogP contribution is -2.12. The van der Waals surface area contributed by atoms with Gasteiger partial charge in [-0.05, 0) is 48.9 Å². The van der Waals surface area contributed by atoms with Crippen LogP contribution < -0.4 is 5.32 Å². The maximum atomic E-state index is 12.1. The molecular weight excluding hydrogens is 294 g/mol. The fourth-order valence-electron chi connectivity index (χ4n) is 1.77. The summed E-state index contributed by atoms with van der Waals surface area (Å²) in [5, 5.41) is 21.1. The number of anilines is 1. The van der Waals surface area contributed by atoms with Gasteiger partial charge in [0.1, 0.15) is 5.75 Å². The number of aromatic carboxylic acids is 1. The number of rotatable bonds is 3. The number of carboxylic acids is 1. The Bertz CT molecular complexity index is 728. The summed E-state index contributed by atoms with van der Waals surface area (Å²) in [6.07, 6.45) is 0. The molecular formula is C15H12ClNO4. The molecule has 0 radical (unpaired) electrons. The zero-order valence-corrected chi connectivity index (χ0v) is 11.8. The van der Waals surface area contributed by atoms with Gasteiger partial charge in [0.2, 0.25) is 0 Å². The van der Waals surface area contributed by atoms with Gasteiger partial charge < -0.3 is 15.5 Å². The van der Waals surface area contributed by atoms with Gasteiger partial charge in [-0.3, -0.25) is 4.79 Å². The van der Waals surface area contributed by atoms with Gasteiger partial charge in [0.15, 0.2) is 0 Å². The number of benzene rings is 2. The van der Waals surface area contributed by atoms with E-state index in [1.807, 2.05) is 0 Å². The standard InChI is InChI=1S/C15H12ClNO4/c1-8-6-9(2-5-13(8)18)14(19)17-10-3-4-12(16)11(7-10)15(20)21/h2-7,18H,1H3,(H,17,19)(H,20,21). The maximum absolute atomic E-state index is 12.1. The van der Waals surface area contributed by atoms with Gasteiger partial charge in [-0.2, -0.15) is 0 Å². The molecule has 21 heavy (non-hydrogen) atoms. The summed E-state index contributed by atoms with van der Waals surface area (Å²) in [5.74, 6) is -1.47. The van der Waals surface area contributed by atoms with Gasteiger partial charge in [-0.15, -0.1) is 0 Å². The molecule has 6 heteroatoms. The smallest absolute Gasteiger partial charge is 0.337 e. The van der Waals surface area contributed by atoms with Crippen LogP contribution in [0.5, 0.6) is 5.75 Å². The number of aryl methyl sites for hydroxylation is 1. The van der Waals surface area contributed by atoms with Crippen molar-refractivity contribution in [2.75, 3.05) is 5.32 Å². The minimum Gasteiger partial charge on any atom is -0.508 e. The van der Waals surface area contributed by atoms with Crippen LogP contribution in [0.15, 0.2) is 36.4 Å². The van der Waals surface area contributed by atoms with E-state index in [4.69, 9.17) is 16.7 Å². The Morgan fingerprint density at radius 1 is 1.14 bits per heavy atom. The van der Waals surface area contributed by atoms with Gasteiger partial charge in [0.25, 0.3) is 5.91 Å². The third-order valence-electron chi connectivity index (χ3n) is 2.91. The fourth-order valence-corrected chi connectivity index (χ4v) is 1.97. The number of aromatic hydroxyl groups is 1. The zero-order chi connectivity index (χ0) is 15.6. The maximum Gasteiger partial charge on any atom is 0.337 e. The molecule has 0 fully saturated rings. The first kappa shape index (κ1) is 14.9. The summed E-state index contributed by atoms with van der Waals surface area (Å²) in [6.45, 7) is 1.68. The molecule has 2 aromatic rings. The fraction of sp³-hybridized carbons (Fsp3) is 0.0667. The first-order chi connectivity index (χ1) is 9.88. The summed E-state index contributed by atoms with van der Waals surface area (Å²) < 4.78 is 0. The molecule has 1 amide bonds. The normalized spacial score (nSPS) is 10.2. The highest BCUT2D eigenvalue weighted by atomic mass is 35.5. The van der Waals surface area contributed by atoms with Crippen molar-refractivity contribution in [3.8, 4) is 5.75 Å². The summed E-state index contributed by atoms with van der Waals surface area (Å²) in [4.78, 5) is 23.1. The number of amides is 1. The van der Waals surface area contributed by atoms with E-state index in [1.54, 1.807) is 13.0 Å². The molecule has 0 unspecified atom stereocenters. The predicted octanol–water partition coefficient (Wildman–Crippen LogP) is 3.30. The highest BCUT2D eigenvalue weighted by Crippen LogP contribution is 2.22. The third-order valence-corrected chi connectivity index (χ3v) is 3.24. The molecule has 3 N–H and O–H groups in total. The monoisotopic (exact) mass is 305 g/mol. The van der Waals surface area contributed by atoms with Crippen LogP contribution >= 0.6 is 11.6 Å². The summed E-state index contributed by atoms with van der Waals surface area (Å²) in [5.41, 5.74) is 1.17. The molecule has 0 saturated carbocycles. The topological polar surface area (TPSA) is 86.6 Å². The van der Waals surface area contributed by atoms with Crippen molar-refractivity contribution in [2.45, 2.75) is 6.92 Å². The number of carboxylic acid groups (broad SMARTS) is 1. The first-order valence-electron chi connectivity index (χ1n) is 6.02. The van der Waals surface area contributed by atoms with Crippen LogP contribution in [-0.4, -0.2) is 22.1 Å². The van der Waals surface area contributed by atoms with Crippen molar-refractivity contribution in [1.29, 1.82) is 0 Å². The van der Waals surface area contributed by atoms with E-state index < -0.39 is 11.9 Å². The second-order valence-corrected chi connectivity index (χ2v) is 4.86. The number of carbonyl (C=O) groups excluding carboxylic acids is 1. The van der Waals surface area contributed by atoms with Crippen LogP contribution in [0, 0.1) is 6.92 Å². The molecule has 2 rings (SSSR count). The number of phenolic OH excluding ortho intramolecular Hbond substituents is 1. The van der Waals surface area contributed by atoms with E-state index in [0.717, 1.165) is 0 Å². The number of hydrogen-bond donors (Lipinski definition) is 3. The molecule has 5 nitrogen and oxygen atoms in total. The first-order valence-corrected chi connectivity index (χ1v) is 6.40. The van der Waals surface area contributed by atoms with Crippen LogP contribution in [0.1, 0.15) is 26.3 Å². The van der Waals surface area contributed by atoms with E-state index in [-0.39, 0.29) is 16.3 Å². The van der Waals surface area contributed by atoms with Gasteiger partial charge in [-0.1, -0.05) is 11.6 Å². The van der Waals surface area contributed by atoms with Crippen molar-refractivity contribution in [3.63, 3.8) is 0 Å². The Morgan fingerprint density at radius 2 is 1.86 bits per heavy atom. The molecule has 0 aliphatic heterocycles. The highest BCUT2D eigenvalue weighted by Gasteiger charge is 2.12. The van der Waals surface area contributed by atoms with E-state index in [1.165, 1.54) is 30.3 Å². The Hall–Kier alpha value is -2.53. The lowest BCUT2D eigenvalue weighted by molar-refractivity contribution is 0.0696. The molecule has 108 valence electrons.